The molecule has 6 atom stereocenters. The van der Waals surface area contributed by atoms with E-state index in [-0.39, 0.29) is 47.8 Å². The molecule has 4 heteroatoms. The standard InChI is InChI=1S/C18H16FNO2/c19-10-3-1-9(2-4-10)8-20-17(21)15-11-5-6-12(14-7-13(11)14)16(15)18(20)22/h1-6,11-16H,7-8H2/t11-,12-,13-,14+,15+,16+/m1/s1. The summed E-state index contributed by atoms with van der Waals surface area (Å²) < 4.78 is 13.0. The van der Waals surface area contributed by atoms with Crippen LogP contribution in [0.2, 0.25) is 0 Å². The Kier molecular flexibility index (Phi) is 2.32. The molecule has 22 heavy (non-hydrogen) atoms. The van der Waals surface area contributed by atoms with Crippen LogP contribution in [-0.2, 0) is 16.1 Å². The summed E-state index contributed by atoms with van der Waals surface area (Å²) in [5.74, 6) is 1.12. The summed E-state index contributed by atoms with van der Waals surface area (Å²) in [6.07, 6.45) is 5.52. The van der Waals surface area contributed by atoms with E-state index in [0.29, 0.717) is 11.8 Å². The quantitative estimate of drug-likeness (QED) is 0.621. The Morgan fingerprint density at radius 3 is 2.05 bits per heavy atom. The number of benzene rings is 1. The van der Waals surface area contributed by atoms with Gasteiger partial charge in [-0.1, -0.05) is 24.3 Å². The van der Waals surface area contributed by atoms with E-state index in [1.54, 1.807) is 12.1 Å². The SMILES string of the molecule is O=C1[C@H]2[C@@H]3C=C[C@H]([C@@H]4C[C@H]34)[C@@H]2C(=O)N1Cc1ccc(F)cc1. The fraction of sp³-hybridized carbons (Fsp3) is 0.444. The molecule has 2 bridgehead atoms. The van der Waals surface area contributed by atoms with Crippen molar-refractivity contribution in [2.75, 3.05) is 0 Å². The van der Waals surface area contributed by atoms with E-state index in [1.807, 2.05) is 0 Å². The van der Waals surface area contributed by atoms with Crippen LogP contribution in [0, 0.1) is 41.3 Å². The molecule has 0 spiro atoms. The van der Waals surface area contributed by atoms with Gasteiger partial charge >= 0.3 is 0 Å². The largest absolute Gasteiger partial charge is 0.278 e. The summed E-state index contributed by atoms with van der Waals surface area (Å²) in [5, 5.41) is 0. The van der Waals surface area contributed by atoms with Crippen LogP contribution in [0.15, 0.2) is 36.4 Å². The third kappa shape index (κ3) is 1.50. The van der Waals surface area contributed by atoms with E-state index in [4.69, 9.17) is 0 Å². The van der Waals surface area contributed by atoms with E-state index in [2.05, 4.69) is 12.2 Å². The Balaban J connectivity index is 1.46. The molecule has 6 rings (SSSR count). The molecule has 0 radical (unpaired) electrons. The van der Waals surface area contributed by atoms with Gasteiger partial charge in [0.2, 0.25) is 11.8 Å². The predicted octanol–water partition coefficient (Wildman–Crippen LogP) is 2.38. The number of likely N-dealkylation sites (tertiary alicyclic amines) is 1. The fourth-order valence-corrected chi connectivity index (χ4v) is 4.95. The molecule has 112 valence electrons. The van der Waals surface area contributed by atoms with Crippen LogP contribution in [0.5, 0.6) is 0 Å². The topological polar surface area (TPSA) is 37.4 Å². The highest BCUT2D eigenvalue weighted by Gasteiger charge is 2.66. The molecule has 1 saturated heterocycles. The van der Waals surface area contributed by atoms with Gasteiger partial charge in [0.15, 0.2) is 0 Å². The first kappa shape index (κ1) is 12.6. The summed E-state index contributed by atoms with van der Waals surface area (Å²) in [6, 6.07) is 6.02. The van der Waals surface area contributed by atoms with E-state index >= 15 is 0 Å². The first-order valence-corrected chi connectivity index (χ1v) is 7.93. The van der Waals surface area contributed by atoms with Crippen LogP contribution in [0.4, 0.5) is 4.39 Å². The zero-order valence-corrected chi connectivity index (χ0v) is 12.0. The van der Waals surface area contributed by atoms with Gasteiger partial charge in [-0.3, -0.25) is 14.5 Å². The second-order valence-corrected chi connectivity index (χ2v) is 7.04. The molecule has 2 amide bonds. The molecule has 1 aromatic rings. The molecule has 3 fully saturated rings. The molecule has 0 N–H and O–H groups in total. The number of amides is 2. The van der Waals surface area contributed by atoms with Crippen molar-refractivity contribution in [3.8, 4) is 0 Å². The van der Waals surface area contributed by atoms with E-state index in [1.165, 1.54) is 23.5 Å². The van der Waals surface area contributed by atoms with Crippen LogP contribution < -0.4 is 0 Å². The van der Waals surface area contributed by atoms with Gasteiger partial charge in [0.05, 0.1) is 18.4 Å². The zero-order valence-electron chi connectivity index (χ0n) is 12.0. The van der Waals surface area contributed by atoms with Crippen LogP contribution in [0.3, 0.4) is 0 Å². The number of imide groups is 1. The highest BCUT2D eigenvalue weighted by atomic mass is 19.1. The molecule has 4 aliphatic carbocycles. The van der Waals surface area contributed by atoms with Gasteiger partial charge in [-0.2, -0.15) is 0 Å². The number of allylic oxidation sites excluding steroid dienone is 2. The van der Waals surface area contributed by atoms with Crippen molar-refractivity contribution in [3.63, 3.8) is 0 Å². The molecule has 1 aliphatic heterocycles. The maximum Gasteiger partial charge on any atom is 0.234 e. The van der Waals surface area contributed by atoms with Crippen LogP contribution in [-0.4, -0.2) is 16.7 Å². The third-order valence-corrected chi connectivity index (χ3v) is 6.01. The lowest BCUT2D eigenvalue weighted by Gasteiger charge is -2.37. The van der Waals surface area contributed by atoms with Crippen molar-refractivity contribution >= 4 is 11.8 Å². The molecule has 5 aliphatic rings. The average molecular weight is 297 g/mol. The first-order valence-electron chi connectivity index (χ1n) is 7.93. The molecule has 1 heterocycles. The minimum absolute atomic E-state index is 0.0241. The van der Waals surface area contributed by atoms with Crippen molar-refractivity contribution in [2.45, 2.75) is 13.0 Å². The maximum absolute atomic E-state index is 13.0. The number of hydrogen-bond donors (Lipinski definition) is 0. The number of carbonyl (C=O) groups excluding carboxylic acids is 2. The van der Waals surface area contributed by atoms with E-state index in [9.17, 15) is 14.0 Å². The van der Waals surface area contributed by atoms with Crippen LogP contribution >= 0.6 is 0 Å². The summed E-state index contributed by atoms with van der Waals surface area (Å²) >= 11 is 0. The van der Waals surface area contributed by atoms with Crippen molar-refractivity contribution in [2.24, 2.45) is 35.5 Å². The van der Waals surface area contributed by atoms with E-state index in [0.717, 1.165) is 5.56 Å². The van der Waals surface area contributed by atoms with Gasteiger partial charge in [0.25, 0.3) is 0 Å². The summed E-state index contributed by atoms with van der Waals surface area (Å²) in [6.45, 7) is 0.264. The predicted molar refractivity (Wildman–Crippen MR) is 76.7 cm³/mol. The number of carbonyl (C=O) groups is 2. The smallest absolute Gasteiger partial charge is 0.234 e. The van der Waals surface area contributed by atoms with Crippen molar-refractivity contribution in [1.29, 1.82) is 0 Å². The Morgan fingerprint density at radius 1 is 0.955 bits per heavy atom. The normalized spacial score (nSPS) is 40.9. The summed E-state index contributed by atoms with van der Waals surface area (Å²) in [7, 11) is 0. The van der Waals surface area contributed by atoms with Crippen molar-refractivity contribution in [1.82, 2.24) is 4.90 Å². The van der Waals surface area contributed by atoms with Gasteiger partial charge < -0.3 is 0 Å². The lowest BCUT2D eigenvalue weighted by atomic mass is 9.63. The molecule has 1 aromatic carbocycles. The summed E-state index contributed by atoms with van der Waals surface area (Å²) in [4.78, 5) is 26.9. The Morgan fingerprint density at radius 2 is 1.50 bits per heavy atom. The average Bonchev–Trinajstić information content (AvgIpc) is 3.30. The van der Waals surface area contributed by atoms with Gasteiger partial charge in [-0.15, -0.1) is 0 Å². The Labute approximate surface area is 127 Å². The maximum atomic E-state index is 13.0. The zero-order chi connectivity index (χ0) is 15.0. The minimum atomic E-state index is -0.307. The number of rotatable bonds is 2. The number of halogens is 1. The highest BCUT2D eigenvalue weighted by molar-refractivity contribution is 6.06. The fourth-order valence-electron chi connectivity index (χ4n) is 4.95. The van der Waals surface area contributed by atoms with Crippen LogP contribution in [0.25, 0.3) is 0 Å². The van der Waals surface area contributed by atoms with Crippen molar-refractivity contribution < 1.29 is 14.0 Å². The van der Waals surface area contributed by atoms with Crippen molar-refractivity contribution in [3.05, 3.63) is 47.8 Å². The molecular weight excluding hydrogens is 281 g/mol. The molecule has 3 nitrogen and oxygen atoms in total. The number of hydrogen-bond acceptors (Lipinski definition) is 2. The molecular formula is C18H16FNO2. The molecule has 0 unspecified atom stereocenters. The molecule has 0 aromatic heterocycles. The monoisotopic (exact) mass is 297 g/mol. The van der Waals surface area contributed by atoms with Gasteiger partial charge in [0.1, 0.15) is 5.82 Å². The van der Waals surface area contributed by atoms with E-state index < -0.39 is 0 Å². The minimum Gasteiger partial charge on any atom is -0.278 e. The van der Waals surface area contributed by atoms with Crippen LogP contribution in [0.1, 0.15) is 12.0 Å². The second kappa shape index (κ2) is 4.06. The first-order chi connectivity index (χ1) is 10.6. The van der Waals surface area contributed by atoms with Gasteiger partial charge in [-0.25, -0.2) is 4.39 Å². The number of nitrogens with zero attached hydrogens (tertiary/aromatic N) is 1. The van der Waals surface area contributed by atoms with Gasteiger partial charge in [-0.05, 0) is 47.8 Å². The summed E-state index contributed by atoms with van der Waals surface area (Å²) in [5.41, 5.74) is 0.798. The third-order valence-electron chi connectivity index (χ3n) is 6.01. The lowest BCUT2D eigenvalue weighted by Crippen LogP contribution is -2.40. The van der Waals surface area contributed by atoms with Gasteiger partial charge in [0, 0.05) is 0 Å². The second-order valence-electron chi connectivity index (χ2n) is 7.04. The Hall–Kier alpha value is -1.97. The Bertz CT molecular complexity index is 674. The highest BCUT2D eigenvalue weighted by Crippen LogP contribution is 2.65. The molecule has 2 saturated carbocycles. The lowest BCUT2D eigenvalue weighted by molar-refractivity contribution is -0.140.